The van der Waals surface area contributed by atoms with Gasteiger partial charge in [-0.15, -0.1) is 0 Å². The van der Waals surface area contributed by atoms with Gasteiger partial charge in [-0.2, -0.15) is 0 Å². The molecule has 4 heteroatoms. The lowest BCUT2D eigenvalue weighted by Crippen LogP contribution is -2.30. The van der Waals surface area contributed by atoms with Crippen LogP contribution in [0.4, 0.5) is 0 Å². The molecule has 0 aromatic carbocycles. The third-order valence-electron chi connectivity index (χ3n) is 12.6. The summed E-state index contributed by atoms with van der Waals surface area (Å²) in [7, 11) is 0. The predicted molar refractivity (Wildman–Crippen MR) is 268 cm³/mol. The van der Waals surface area contributed by atoms with Crippen molar-refractivity contribution in [3.63, 3.8) is 0 Å². The Bertz CT molecular complexity index is 1630. The molecule has 0 amide bonds. The van der Waals surface area contributed by atoms with Gasteiger partial charge in [-0.3, -0.25) is 9.59 Å². The van der Waals surface area contributed by atoms with E-state index in [-0.39, 0.29) is 35.0 Å². The summed E-state index contributed by atoms with van der Waals surface area (Å²) in [5.74, 6) is -0.110. The molecule has 2 aliphatic rings. The van der Waals surface area contributed by atoms with Gasteiger partial charge in [0.1, 0.15) is 12.2 Å². The standard InChI is InChI=1S/C58H88O4/c1-13-15-17-19-21-23-35-55(59)61-53-41-43-57(9,10)51(49(53)7)39-37-47(5)33-27-31-45(3)29-25-26-30-46(4)32-28-34-48(6)38-40-52-50(8)54(42-44-58(52,11)12)62-56(60)36-24-22-20-18-16-14-2/h25-34,37-40,53-54H,13-24,35-36,41-44H2,1-12H3/b26-25+,31-27+,32-28+,39-37+,40-38+,45-29+,46-30+,47-33+,48-34+. The van der Waals surface area contributed by atoms with Crippen LogP contribution in [0.1, 0.15) is 199 Å². The molecule has 0 saturated heterocycles. The normalized spacial score (nSPS) is 20.6. The highest BCUT2D eigenvalue weighted by atomic mass is 16.5. The second kappa shape index (κ2) is 29.4. The second-order valence-corrected chi connectivity index (χ2v) is 19.4. The number of carbonyl (C=O) groups is 2. The first-order valence-corrected chi connectivity index (χ1v) is 24.4. The van der Waals surface area contributed by atoms with Crippen molar-refractivity contribution in [2.45, 2.75) is 211 Å². The minimum absolute atomic E-state index is 0.0434. The second-order valence-electron chi connectivity index (χ2n) is 19.4. The summed E-state index contributed by atoms with van der Waals surface area (Å²) in [6, 6.07) is 0. The van der Waals surface area contributed by atoms with E-state index in [0.29, 0.717) is 12.8 Å². The van der Waals surface area contributed by atoms with Crippen LogP contribution in [-0.2, 0) is 19.1 Å². The highest BCUT2D eigenvalue weighted by Gasteiger charge is 2.34. The van der Waals surface area contributed by atoms with Gasteiger partial charge in [0.05, 0.1) is 0 Å². The molecule has 0 radical (unpaired) electrons. The van der Waals surface area contributed by atoms with Gasteiger partial charge in [0, 0.05) is 12.8 Å². The lowest BCUT2D eigenvalue weighted by Gasteiger charge is -2.37. The van der Waals surface area contributed by atoms with Gasteiger partial charge in [0.2, 0.25) is 0 Å². The Balaban J connectivity index is 1.92. The molecule has 0 aliphatic heterocycles. The Kier molecular flexibility index (Phi) is 25.7. The molecule has 344 valence electrons. The lowest BCUT2D eigenvalue weighted by molar-refractivity contribution is -0.149. The lowest BCUT2D eigenvalue weighted by atomic mass is 9.71. The smallest absolute Gasteiger partial charge is 0.306 e. The van der Waals surface area contributed by atoms with E-state index >= 15 is 0 Å². The van der Waals surface area contributed by atoms with Crippen LogP contribution in [0.5, 0.6) is 0 Å². The van der Waals surface area contributed by atoms with E-state index in [1.54, 1.807) is 0 Å². The van der Waals surface area contributed by atoms with Crippen molar-refractivity contribution in [2.24, 2.45) is 10.8 Å². The first kappa shape index (κ1) is 54.2. The molecular weight excluding hydrogens is 761 g/mol. The van der Waals surface area contributed by atoms with E-state index in [9.17, 15) is 9.59 Å². The van der Waals surface area contributed by atoms with Gasteiger partial charge in [0.15, 0.2) is 0 Å². The van der Waals surface area contributed by atoms with Crippen LogP contribution in [0.25, 0.3) is 0 Å². The Morgan fingerprint density at radius 2 is 0.823 bits per heavy atom. The Hall–Kier alpha value is -3.92. The molecule has 0 saturated carbocycles. The van der Waals surface area contributed by atoms with Gasteiger partial charge >= 0.3 is 11.9 Å². The van der Waals surface area contributed by atoms with Crippen LogP contribution >= 0.6 is 0 Å². The number of hydrogen-bond donors (Lipinski definition) is 0. The number of esters is 2. The van der Waals surface area contributed by atoms with E-state index < -0.39 is 0 Å². The zero-order chi connectivity index (χ0) is 46.0. The van der Waals surface area contributed by atoms with Crippen molar-refractivity contribution in [1.82, 2.24) is 0 Å². The molecule has 0 spiro atoms. The minimum Gasteiger partial charge on any atom is -0.458 e. The number of hydrogen-bond acceptors (Lipinski definition) is 4. The SMILES string of the molecule is CCCCCCCCC(=O)OC1CCC(C)(C)C(/C=C/C(C)=C/C=C/C(C)=C/C=C/C=C(C)/C=C/C=C(C)/C=C/C2=C(C)C(OC(=O)CCCCCCCC)CCC2(C)C)=C1C. The highest BCUT2D eigenvalue weighted by molar-refractivity contribution is 5.70. The quantitative estimate of drug-likeness (QED) is 0.0494. The van der Waals surface area contributed by atoms with E-state index in [4.69, 9.17) is 9.47 Å². The van der Waals surface area contributed by atoms with Crippen molar-refractivity contribution in [1.29, 1.82) is 0 Å². The molecule has 2 rings (SSSR count). The van der Waals surface area contributed by atoms with Crippen molar-refractivity contribution >= 4 is 11.9 Å². The van der Waals surface area contributed by atoms with Crippen LogP contribution in [0.3, 0.4) is 0 Å². The fourth-order valence-corrected chi connectivity index (χ4v) is 8.41. The number of ether oxygens (including phenoxy) is 2. The van der Waals surface area contributed by atoms with Crippen molar-refractivity contribution < 1.29 is 19.1 Å². The highest BCUT2D eigenvalue weighted by Crippen LogP contribution is 2.43. The number of unbranched alkanes of at least 4 members (excludes halogenated alkanes) is 10. The van der Waals surface area contributed by atoms with Crippen LogP contribution in [0.2, 0.25) is 0 Å². The molecule has 2 unspecified atom stereocenters. The van der Waals surface area contributed by atoms with E-state index in [2.05, 4.69) is 168 Å². The summed E-state index contributed by atoms with van der Waals surface area (Å²) >= 11 is 0. The van der Waals surface area contributed by atoms with Gasteiger partial charge < -0.3 is 9.47 Å². The average Bonchev–Trinajstić information content (AvgIpc) is 3.21. The Morgan fingerprint density at radius 3 is 1.19 bits per heavy atom. The van der Waals surface area contributed by atoms with Gasteiger partial charge in [0.25, 0.3) is 0 Å². The van der Waals surface area contributed by atoms with Crippen molar-refractivity contribution in [3.05, 3.63) is 130 Å². The molecule has 0 aromatic rings. The minimum atomic E-state index is -0.125. The van der Waals surface area contributed by atoms with Gasteiger partial charge in [-0.25, -0.2) is 0 Å². The monoisotopic (exact) mass is 849 g/mol. The maximum absolute atomic E-state index is 12.7. The average molecular weight is 849 g/mol. The van der Waals surface area contributed by atoms with E-state index in [0.717, 1.165) is 51.4 Å². The van der Waals surface area contributed by atoms with Crippen molar-refractivity contribution in [3.8, 4) is 0 Å². The van der Waals surface area contributed by atoms with E-state index in [1.165, 1.54) is 96.0 Å². The summed E-state index contributed by atoms with van der Waals surface area (Å²) < 4.78 is 12.0. The summed E-state index contributed by atoms with van der Waals surface area (Å²) in [6.45, 7) is 26.4. The molecule has 0 fully saturated rings. The molecule has 2 atom stereocenters. The number of allylic oxidation sites excluding steroid dienone is 20. The predicted octanol–water partition coefficient (Wildman–Crippen LogP) is 17.2. The van der Waals surface area contributed by atoms with E-state index in [1.807, 2.05) is 0 Å². The fourth-order valence-electron chi connectivity index (χ4n) is 8.41. The molecular formula is C58H88O4. The van der Waals surface area contributed by atoms with Gasteiger partial charge in [-0.1, -0.05) is 213 Å². The summed E-state index contributed by atoms with van der Waals surface area (Å²) in [5.41, 5.74) is 9.69. The molecule has 0 aromatic heterocycles. The third kappa shape index (κ3) is 21.4. The number of carbonyl (C=O) groups excluding carboxylic acids is 2. The molecule has 0 heterocycles. The molecule has 4 nitrogen and oxygen atoms in total. The maximum Gasteiger partial charge on any atom is 0.306 e. The van der Waals surface area contributed by atoms with Gasteiger partial charge in [-0.05, 0) is 113 Å². The molecule has 2 aliphatic carbocycles. The summed E-state index contributed by atoms with van der Waals surface area (Å²) in [6.07, 6.45) is 48.6. The van der Waals surface area contributed by atoms with Crippen LogP contribution in [0, 0.1) is 10.8 Å². The fraction of sp³-hybridized carbons (Fsp3) is 0.586. The molecule has 0 bridgehead atoms. The zero-order valence-corrected chi connectivity index (χ0v) is 41.6. The van der Waals surface area contributed by atoms with Crippen LogP contribution in [-0.4, -0.2) is 24.1 Å². The zero-order valence-electron chi connectivity index (χ0n) is 41.6. The van der Waals surface area contributed by atoms with Crippen molar-refractivity contribution in [2.75, 3.05) is 0 Å². The van der Waals surface area contributed by atoms with Crippen LogP contribution < -0.4 is 0 Å². The van der Waals surface area contributed by atoms with Crippen LogP contribution in [0.15, 0.2) is 130 Å². The Labute approximate surface area is 380 Å². The first-order valence-electron chi connectivity index (χ1n) is 24.4. The summed E-state index contributed by atoms with van der Waals surface area (Å²) in [5, 5.41) is 0. The maximum atomic E-state index is 12.7. The topological polar surface area (TPSA) is 52.6 Å². The summed E-state index contributed by atoms with van der Waals surface area (Å²) in [4.78, 5) is 25.3. The third-order valence-corrected chi connectivity index (χ3v) is 12.6. The molecule has 0 N–H and O–H groups in total. The number of rotatable bonds is 26. The molecule has 62 heavy (non-hydrogen) atoms. The first-order chi connectivity index (χ1) is 29.5. The largest absolute Gasteiger partial charge is 0.458 e. The Morgan fingerprint density at radius 1 is 0.500 bits per heavy atom.